The van der Waals surface area contributed by atoms with Crippen molar-refractivity contribution in [3.05, 3.63) is 45.5 Å². The zero-order chi connectivity index (χ0) is 22.4. The van der Waals surface area contributed by atoms with Gasteiger partial charge in [0.15, 0.2) is 0 Å². The molecule has 5 rings (SSSR count). The van der Waals surface area contributed by atoms with Gasteiger partial charge in [-0.15, -0.1) is 0 Å². The summed E-state index contributed by atoms with van der Waals surface area (Å²) in [7, 11) is 0. The highest BCUT2D eigenvalue weighted by atomic mass is 16.5. The van der Waals surface area contributed by atoms with E-state index in [4.69, 9.17) is 9.47 Å². The molecule has 0 N–H and O–H groups in total. The maximum Gasteiger partial charge on any atom is 0.127 e. The molecule has 0 unspecified atom stereocenters. The Morgan fingerprint density at radius 1 is 0.531 bits per heavy atom. The number of fused-ring (bicyclic) bond motifs is 7. The van der Waals surface area contributed by atoms with Gasteiger partial charge in [-0.05, 0) is 111 Å². The minimum atomic E-state index is 0. The summed E-state index contributed by atoms with van der Waals surface area (Å²) in [5.41, 5.74) is 11.8. The van der Waals surface area contributed by atoms with E-state index < -0.39 is 0 Å². The summed E-state index contributed by atoms with van der Waals surface area (Å²) in [6.07, 6.45) is 10.9. The van der Waals surface area contributed by atoms with Gasteiger partial charge in [0, 0.05) is 26.0 Å². The van der Waals surface area contributed by atoms with E-state index in [1.807, 2.05) is 27.7 Å². The molecule has 0 saturated heterocycles. The largest absolute Gasteiger partial charge is 0.493 e. The highest BCUT2D eigenvalue weighted by Gasteiger charge is 2.28. The zero-order valence-electron chi connectivity index (χ0n) is 21.3. The molecule has 32 heavy (non-hydrogen) atoms. The molecule has 1 aliphatic heterocycles. The number of ether oxygens (including phenoxy) is 2. The van der Waals surface area contributed by atoms with Crippen LogP contribution < -0.4 is 9.47 Å². The fraction of sp³-hybridized carbons (Fsp3) is 0.586. The van der Waals surface area contributed by atoms with Crippen LogP contribution in [0.5, 0.6) is 11.5 Å². The second kappa shape index (κ2) is 12.4. The van der Waals surface area contributed by atoms with Crippen molar-refractivity contribution in [2.45, 2.75) is 99.3 Å². The van der Waals surface area contributed by atoms with E-state index >= 15 is 0 Å². The van der Waals surface area contributed by atoms with Gasteiger partial charge in [-0.1, -0.05) is 27.7 Å². The molecular weight excluding hydrogens is 391 g/mol. The molecule has 0 atom stereocenters. The Kier molecular flexibility index (Phi) is 10.2. The van der Waals surface area contributed by atoms with Crippen LogP contribution in [-0.4, -0.2) is 21.6 Å². The molecule has 2 aromatic rings. The Bertz CT molecular complexity index is 828. The lowest BCUT2D eigenvalue weighted by Gasteiger charge is -2.29. The Hall–Kier alpha value is -1.90. The fourth-order valence-electron chi connectivity index (χ4n) is 5.44. The van der Waals surface area contributed by atoms with Gasteiger partial charge in [-0.25, -0.2) is 0 Å². The van der Waals surface area contributed by atoms with Crippen LogP contribution in [0.3, 0.4) is 0 Å². The summed E-state index contributed by atoms with van der Waals surface area (Å²) >= 11 is 0. The molecule has 0 aromatic heterocycles. The Morgan fingerprint density at radius 3 is 1.25 bits per heavy atom. The van der Waals surface area contributed by atoms with E-state index in [0.29, 0.717) is 0 Å². The number of benzene rings is 2. The topological polar surface area (TPSA) is 18.5 Å². The van der Waals surface area contributed by atoms with Crippen LogP contribution in [0, 0.1) is 13.8 Å². The lowest BCUT2D eigenvalue weighted by atomic mass is 9.78. The predicted molar refractivity (Wildman–Crippen MR) is 139 cm³/mol. The molecule has 0 fully saturated rings. The van der Waals surface area contributed by atoms with Gasteiger partial charge in [0.05, 0.1) is 13.2 Å². The molecule has 1 heterocycles. The molecule has 173 valence electrons. The minimum Gasteiger partial charge on any atom is -0.493 e. The summed E-state index contributed by atoms with van der Waals surface area (Å²) in [5, 5.41) is 0. The smallest absolute Gasteiger partial charge is 0.127 e. The maximum atomic E-state index is 6.35. The molecule has 2 aromatic carbocycles. The molecule has 3 radical (unpaired) electrons. The summed E-state index contributed by atoms with van der Waals surface area (Å²) in [4.78, 5) is 0. The normalized spacial score (nSPS) is 15.9. The first kappa shape index (κ1) is 26.4. The van der Waals surface area contributed by atoms with Crippen molar-refractivity contribution in [2.24, 2.45) is 0 Å². The average Bonchev–Trinajstić information content (AvgIpc) is 2.91. The van der Waals surface area contributed by atoms with Crippen LogP contribution in [0.1, 0.15) is 93.2 Å². The lowest BCUT2D eigenvalue weighted by molar-refractivity contribution is 0.252. The summed E-state index contributed by atoms with van der Waals surface area (Å²) < 4.78 is 12.7. The van der Waals surface area contributed by atoms with Gasteiger partial charge in [0.25, 0.3) is 0 Å². The van der Waals surface area contributed by atoms with Crippen molar-refractivity contribution >= 4 is 8.41 Å². The van der Waals surface area contributed by atoms with Crippen LogP contribution in [0.4, 0.5) is 0 Å². The molecular formula is C29H42BO2. The van der Waals surface area contributed by atoms with Crippen molar-refractivity contribution in [1.29, 1.82) is 0 Å². The molecule has 2 aliphatic carbocycles. The third-order valence-corrected chi connectivity index (χ3v) is 6.73. The van der Waals surface area contributed by atoms with Gasteiger partial charge in [0.2, 0.25) is 0 Å². The van der Waals surface area contributed by atoms with Crippen molar-refractivity contribution in [2.75, 3.05) is 13.2 Å². The first-order valence-electron chi connectivity index (χ1n) is 12.8. The van der Waals surface area contributed by atoms with E-state index in [9.17, 15) is 0 Å². The Labute approximate surface area is 198 Å². The highest BCUT2D eigenvalue weighted by Crippen LogP contribution is 2.48. The van der Waals surface area contributed by atoms with E-state index in [1.54, 1.807) is 22.3 Å². The van der Waals surface area contributed by atoms with Gasteiger partial charge in [-0.2, -0.15) is 0 Å². The molecule has 0 bridgehead atoms. The number of rotatable bonds is 0. The monoisotopic (exact) mass is 433 g/mol. The average molecular weight is 433 g/mol. The highest BCUT2D eigenvalue weighted by molar-refractivity contribution is 5.85. The van der Waals surface area contributed by atoms with Gasteiger partial charge in [-0.3, -0.25) is 0 Å². The standard InChI is InChI=1S/C25H30O2.2C2H6.B/c1-16-14-22-24(20-10-5-3-8-18(16)20)25-21-11-6-4-9-19(21)17(2)15-23(25)27-13-7-12-26-22;2*1-2;/h14-15H,3-13H2,1-2H3;2*1-2H3;. The van der Waals surface area contributed by atoms with E-state index in [2.05, 4.69) is 26.0 Å². The quantitative estimate of drug-likeness (QED) is 0.399. The zero-order valence-corrected chi connectivity index (χ0v) is 21.3. The first-order chi connectivity index (χ1) is 15.2. The second-order valence-electron chi connectivity index (χ2n) is 8.51. The van der Waals surface area contributed by atoms with Gasteiger partial charge >= 0.3 is 0 Å². The maximum absolute atomic E-state index is 6.35. The minimum absolute atomic E-state index is 0. The number of hydrogen-bond donors (Lipinski definition) is 0. The van der Waals surface area contributed by atoms with Crippen molar-refractivity contribution in [3.8, 4) is 22.6 Å². The summed E-state index contributed by atoms with van der Waals surface area (Å²) in [5.74, 6) is 2.19. The lowest BCUT2D eigenvalue weighted by Crippen LogP contribution is -2.12. The number of hydrogen-bond acceptors (Lipinski definition) is 2. The van der Waals surface area contributed by atoms with Crippen molar-refractivity contribution in [1.82, 2.24) is 0 Å². The number of aryl methyl sites for hydroxylation is 2. The van der Waals surface area contributed by atoms with Gasteiger partial charge in [0.1, 0.15) is 11.5 Å². The third-order valence-electron chi connectivity index (χ3n) is 6.73. The van der Waals surface area contributed by atoms with Crippen LogP contribution in [0.2, 0.25) is 0 Å². The van der Waals surface area contributed by atoms with Crippen LogP contribution in [0.15, 0.2) is 12.1 Å². The SMILES string of the molecule is CC.CC.Cc1cc2c(c3c1CCCC3)-c1c(cc(C)c3c1CCCC3)OCCCO2.[B]. The summed E-state index contributed by atoms with van der Waals surface area (Å²) in [6.45, 7) is 14.0. The van der Waals surface area contributed by atoms with Crippen molar-refractivity contribution in [3.63, 3.8) is 0 Å². The molecule has 3 aliphatic rings. The molecule has 0 saturated carbocycles. The van der Waals surface area contributed by atoms with Crippen LogP contribution >= 0.6 is 0 Å². The first-order valence-corrected chi connectivity index (χ1v) is 12.8. The fourth-order valence-corrected chi connectivity index (χ4v) is 5.44. The summed E-state index contributed by atoms with van der Waals surface area (Å²) in [6, 6.07) is 4.62. The Balaban J connectivity index is 0.000000689. The van der Waals surface area contributed by atoms with Crippen molar-refractivity contribution < 1.29 is 9.47 Å². The Morgan fingerprint density at radius 2 is 0.875 bits per heavy atom. The van der Waals surface area contributed by atoms with Gasteiger partial charge < -0.3 is 9.47 Å². The predicted octanol–water partition coefficient (Wildman–Crippen LogP) is 7.56. The van der Waals surface area contributed by atoms with E-state index in [0.717, 1.165) is 31.1 Å². The molecule has 0 spiro atoms. The van der Waals surface area contributed by atoms with Crippen LogP contribution in [-0.2, 0) is 25.7 Å². The van der Waals surface area contributed by atoms with E-state index in [-0.39, 0.29) is 8.41 Å². The molecule has 3 heteroatoms. The third kappa shape index (κ3) is 5.02. The van der Waals surface area contributed by atoms with Crippen LogP contribution in [0.25, 0.3) is 11.1 Å². The molecule has 0 amide bonds. The second-order valence-corrected chi connectivity index (χ2v) is 8.51. The van der Waals surface area contributed by atoms with E-state index in [1.165, 1.54) is 73.6 Å². The molecule has 2 nitrogen and oxygen atoms in total.